The normalized spacial score (nSPS) is 12.9. The summed E-state index contributed by atoms with van der Waals surface area (Å²) in [6, 6.07) is 6.50. The average molecular weight is 289 g/mol. The van der Waals surface area contributed by atoms with Crippen LogP contribution >= 0.6 is 23.6 Å². The van der Waals surface area contributed by atoms with Gasteiger partial charge in [0.1, 0.15) is 5.01 Å². The van der Waals surface area contributed by atoms with Crippen molar-refractivity contribution in [1.29, 1.82) is 0 Å². The zero-order valence-corrected chi connectivity index (χ0v) is 12.5. The Kier molecular flexibility index (Phi) is 3.24. The number of nitrogens with zero attached hydrogens (tertiary/aromatic N) is 2. The number of imidazole rings is 1. The Hall–Kier alpha value is -1.46. The first-order valence-electron chi connectivity index (χ1n) is 6.31. The molecule has 0 radical (unpaired) electrons. The number of aromatic nitrogens is 3. The lowest BCUT2D eigenvalue weighted by molar-refractivity contribution is 0.572. The minimum atomic E-state index is 0.211. The van der Waals surface area contributed by atoms with Crippen molar-refractivity contribution >= 4 is 34.6 Å². The highest BCUT2D eigenvalue weighted by Gasteiger charge is 2.18. The van der Waals surface area contributed by atoms with Gasteiger partial charge < -0.3 is 9.55 Å². The smallest absolute Gasteiger partial charge is 0.178 e. The van der Waals surface area contributed by atoms with E-state index >= 15 is 0 Å². The van der Waals surface area contributed by atoms with E-state index in [9.17, 15) is 0 Å². The number of aryl methyl sites for hydroxylation is 1. The van der Waals surface area contributed by atoms with Gasteiger partial charge in [-0.1, -0.05) is 19.1 Å². The molecule has 0 fully saturated rings. The number of thiazole rings is 1. The maximum atomic E-state index is 5.51. The molecule has 2 aromatic heterocycles. The summed E-state index contributed by atoms with van der Waals surface area (Å²) in [4.78, 5) is 7.78. The first kappa shape index (κ1) is 12.6. The molecule has 1 aromatic carbocycles. The van der Waals surface area contributed by atoms with Gasteiger partial charge in [-0.25, -0.2) is 4.98 Å². The summed E-state index contributed by atoms with van der Waals surface area (Å²) in [6.07, 6.45) is 2.83. The summed E-state index contributed by atoms with van der Waals surface area (Å²) < 4.78 is 2.96. The molecule has 98 valence electrons. The van der Waals surface area contributed by atoms with Gasteiger partial charge in [-0.15, -0.1) is 11.3 Å². The SMILES string of the molecule is CCC(c1nccs1)n1c(=S)[nH]c2c(C)cccc21. The lowest BCUT2D eigenvalue weighted by Crippen LogP contribution is -2.09. The van der Waals surface area contributed by atoms with Crippen LogP contribution in [0.4, 0.5) is 0 Å². The van der Waals surface area contributed by atoms with Crippen molar-refractivity contribution in [1.82, 2.24) is 14.5 Å². The van der Waals surface area contributed by atoms with Crippen LogP contribution in [0.3, 0.4) is 0 Å². The Balaban J connectivity index is 2.27. The molecule has 0 aliphatic rings. The Morgan fingerprint density at radius 3 is 3.00 bits per heavy atom. The largest absolute Gasteiger partial charge is 0.330 e. The van der Waals surface area contributed by atoms with Crippen molar-refractivity contribution in [2.45, 2.75) is 26.3 Å². The van der Waals surface area contributed by atoms with Crippen LogP contribution in [0.25, 0.3) is 11.0 Å². The third kappa shape index (κ3) is 2.03. The molecule has 3 aromatic rings. The van der Waals surface area contributed by atoms with Crippen LogP contribution in [0.2, 0.25) is 0 Å². The molecular formula is C14H15N3S2. The van der Waals surface area contributed by atoms with Gasteiger partial charge in [0, 0.05) is 11.6 Å². The zero-order chi connectivity index (χ0) is 13.4. The second-order valence-electron chi connectivity index (χ2n) is 4.56. The van der Waals surface area contributed by atoms with E-state index in [0.717, 1.165) is 27.2 Å². The van der Waals surface area contributed by atoms with Gasteiger partial charge in [0.2, 0.25) is 0 Å². The van der Waals surface area contributed by atoms with Crippen molar-refractivity contribution < 1.29 is 0 Å². The van der Waals surface area contributed by atoms with Crippen molar-refractivity contribution in [2.24, 2.45) is 0 Å². The van der Waals surface area contributed by atoms with Crippen LogP contribution in [-0.2, 0) is 0 Å². The molecule has 3 nitrogen and oxygen atoms in total. The topological polar surface area (TPSA) is 33.6 Å². The standard InChI is InChI=1S/C14H15N3S2/c1-3-10(13-15-7-8-19-13)17-11-6-4-5-9(2)12(11)16-14(17)18/h4-8,10H,3H2,1-2H3,(H,16,18). The molecule has 0 spiro atoms. The number of hydrogen-bond acceptors (Lipinski definition) is 3. The molecule has 1 unspecified atom stereocenters. The number of rotatable bonds is 3. The van der Waals surface area contributed by atoms with Gasteiger partial charge in [0.05, 0.1) is 17.1 Å². The van der Waals surface area contributed by atoms with E-state index in [2.05, 4.69) is 46.6 Å². The van der Waals surface area contributed by atoms with E-state index in [-0.39, 0.29) is 6.04 Å². The van der Waals surface area contributed by atoms with Crippen molar-refractivity contribution in [2.75, 3.05) is 0 Å². The lowest BCUT2D eigenvalue weighted by atomic mass is 10.2. The molecule has 0 saturated heterocycles. The molecule has 0 bridgehead atoms. The van der Waals surface area contributed by atoms with Gasteiger partial charge in [0.15, 0.2) is 4.77 Å². The highest BCUT2D eigenvalue weighted by Crippen LogP contribution is 2.29. The van der Waals surface area contributed by atoms with Crippen molar-refractivity contribution in [3.63, 3.8) is 0 Å². The minimum Gasteiger partial charge on any atom is -0.330 e. The summed E-state index contributed by atoms with van der Waals surface area (Å²) >= 11 is 7.20. The Bertz CT molecular complexity index is 753. The summed E-state index contributed by atoms with van der Waals surface area (Å²) in [5.74, 6) is 0. The molecule has 0 saturated carbocycles. The first-order valence-corrected chi connectivity index (χ1v) is 7.60. The zero-order valence-electron chi connectivity index (χ0n) is 10.9. The predicted octanol–water partition coefficient (Wildman–Crippen LogP) is 4.46. The van der Waals surface area contributed by atoms with Crippen molar-refractivity contribution in [3.05, 3.63) is 45.1 Å². The van der Waals surface area contributed by atoms with E-state index < -0.39 is 0 Å². The second-order valence-corrected chi connectivity index (χ2v) is 5.88. The lowest BCUT2D eigenvalue weighted by Gasteiger charge is -2.15. The average Bonchev–Trinajstić information content (AvgIpc) is 3.01. The maximum Gasteiger partial charge on any atom is 0.178 e. The summed E-state index contributed by atoms with van der Waals surface area (Å²) in [6.45, 7) is 4.27. The van der Waals surface area contributed by atoms with Gasteiger partial charge in [-0.05, 0) is 37.2 Å². The number of benzene rings is 1. The van der Waals surface area contributed by atoms with E-state index in [0.29, 0.717) is 0 Å². The van der Waals surface area contributed by atoms with E-state index in [1.54, 1.807) is 11.3 Å². The number of para-hydroxylation sites is 1. The molecule has 2 heterocycles. The Morgan fingerprint density at radius 1 is 1.47 bits per heavy atom. The Morgan fingerprint density at radius 2 is 2.32 bits per heavy atom. The molecule has 1 atom stereocenters. The minimum absolute atomic E-state index is 0.211. The number of aromatic amines is 1. The first-order chi connectivity index (χ1) is 9.22. The third-order valence-electron chi connectivity index (χ3n) is 3.40. The summed E-state index contributed by atoms with van der Waals surface area (Å²) in [5, 5.41) is 3.13. The molecule has 0 amide bonds. The highest BCUT2D eigenvalue weighted by molar-refractivity contribution is 7.71. The molecular weight excluding hydrogens is 274 g/mol. The van der Waals surface area contributed by atoms with E-state index in [1.165, 1.54) is 5.56 Å². The molecule has 5 heteroatoms. The van der Waals surface area contributed by atoms with Crippen LogP contribution in [-0.4, -0.2) is 14.5 Å². The predicted molar refractivity (Wildman–Crippen MR) is 82.4 cm³/mol. The van der Waals surface area contributed by atoms with Gasteiger partial charge >= 0.3 is 0 Å². The molecule has 0 aliphatic carbocycles. The van der Waals surface area contributed by atoms with Gasteiger partial charge in [-0.3, -0.25) is 0 Å². The summed E-state index contributed by atoms with van der Waals surface area (Å²) in [5.41, 5.74) is 3.51. The van der Waals surface area contributed by atoms with E-state index in [4.69, 9.17) is 12.2 Å². The van der Waals surface area contributed by atoms with Crippen LogP contribution < -0.4 is 0 Å². The van der Waals surface area contributed by atoms with Gasteiger partial charge in [0.25, 0.3) is 0 Å². The number of hydrogen-bond donors (Lipinski definition) is 1. The maximum absolute atomic E-state index is 5.51. The second kappa shape index (κ2) is 4.90. The van der Waals surface area contributed by atoms with Gasteiger partial charge in [-0.2, -0.15) is 0 Å². The number of nitrogens with one attached hydrogen (secondary N) is 1. The number of H-pyrrole nitrogens is 1. The van der Waals surface area contributed by atoms with Crippen LogP contribution in [0.1, 0.15) is 30.0 Å². The molecule has 0 aliphatic heterocycles. The monoisotopic (exact) mass is 289 g/mol. The van der Waals surface area contributed by atoms with Crippen LogP contribution in [0.5, 0.6) is 0 Å². The fourth-order valence-corrected chi connectivity index (χ4v) is 3.61. The molecule has 1 N–H and O–H groups in total. The van der Waals surface area contributed by atoms with Crippen LogP contribution in [0, 0.1) is 11.7 Å². The quantitative estimate of drug-likeness (QED) is 0.722. The fraction of sp³-hybridized carbons (Fsp3) is 0.286. The van der Waals surface area contributed by atoms with Crippen molar-refractivity contribution in [3.8, 4) is 0 Å². The third-order valence-corrected chi connectivity index (χ3v) is 4.57. The van der Waals surface area contributed by atoms with E-state index in [1.807, 2.05) is 11.6 Å². The summed E-state index contributed by atoms with van der Waals surface area (Å²) in [7, 11) is 0. The fourth-order valence-electron chi connectivity index (χ4n) is 2.47. The Labute approximate surface area is 120 Å². The highest BCUT2D eigenvalue weighted by atomic mass is 32.1. The molecule has 19 heavy (non-hydrogen) atoms. The van der Waals surface area contributed by atoms with Crippen LogP contribution in [0.15, 0.2) is 29.8 Å². The number of fused-ring (bicyclic) bond motifs is 1. The molecule has 3 rings (SSSR count).